The van der Waals surface area contributed by atoms with Crippen LogP contribution in [0.25, 0.3) is 0 Å². The molecule has 19 heavy (non-hydrogen) atoms. The van der Waals surface area contributed by atoms with E-state index >= 15 is 0 Å². The maximum atomic E-state index is 12.8. The molecule has 2 rings (SSSR count). The fourth-order valence-electron chi connectivity index (χ4n) is 1.59. The molecule has 0 aliphatic heterocycles. The summed E-state index contributed by atoms with van der Waals surface area (Å²) in [5, 5.41) is 0. The van der Waals surface area contributed by atoms with Gasteiger partial charge >= 0.3 is 0 Å². The second-order valence-electron chi connectivity index (χ2n) is 4.02. The topological polar surface area (TPSA) is 46.2 Å². The van der Waals surface area contributed by atoms with Crippen molar-refractivity contribution in [3.8, 4) is 0 Å². The summed E-state index contributed by atoms with van der Waals surface area (Å²) in [4.78, 5) is 0.186. The average molecular weight is 344 g/mol. The summed E-state index contributed by atoms with van der Waals surface area (Å²) in [6, 6.07) is 10.2. The zero-order valence-corrected chi connectivity index (χ0v) is 12.4. The molecule has 0 aliphatic carbocycles. The van der Waals surface area contributed by atoms with E-state index in [1.165, 1.54) is 30.3 Å². The van der Waals surface area contributed by atoms with Gasteiger partial charge in [0.15, 0.2) is 0 Å². The van der Waals surface area contributed by atoms with Crippen LogP contribution >= 0.6 is 15.9 Å². The van der Waals surface area contributed by atoms with Gasteiger partial charge < -0.3 is 0 Å². The number of hydrogen-bond donors (Lipinski definition) is 1. The molecular weight excluding hydrogens is 333 g/mol. The number of anilines is 1. The Balaban J connectivity index is 2.37. The van der Waals surface area contributed by atoms with Gasteiger partial charge in [-0.25, -0.2) is 12.8 Å². The van der Waals surface area contributed by atoms with Crippen molar-refractivity contribution in [2.75, 3.05) is 4.72 Å². The summed E-state index contributed by atoms with van der Waals surface area (Å²) in [6.45, 7) is 1.71. The molecule has 3 nitrogen and oxygen atoms in total. The smallest absolute Gasteiger partial charge is 0.262 e. The van der Waals surface area contributed by atoms with Gasteiger partial charge in [0.2, 0.25) is 0 Å². The first-order valence-electron chi connectivity index (χ1n) is 5.43. The molecule has 0 heterocycles. The van der Waals surface area contributed by atoms with Gasteiger partial charge in [0.25, 0.3) is 10.0 Å². The van der Waals surface area contributed by atoms with E-state index in [2.05, 4.69) is 20.7 Å². The van der Waals surface area contributed by atoms with Crippen molar-refractivity contribution >= 4 is 31.6 Å². The molecule has 2 aromatic carbocycles. The first-order chi connectivity index (χ1) is 8.88. The molecule has 0 unspecified atom stereocenters. The fraction of sp³-hybridized carbons (Fsp3) is 0.0769. The Hall–Kier alpha value is -1.40. The molecule has 0 bridgehead atoms. The van der Waals surface area contributed by atoms with Crippen LogP contribution in [0.1, 0.15) is 5.56 Å². The fourth-order valence-corrected chi connectivity index (χ4v) is 3.43. The molecule has 0 radical (unpaired) electrons. The number of hydrogen-bond acceptors (Lipinski definition) is 2. The lowest BCUT2D eigenvalue weighted by Crippen LogP contribution is -2.14. The number of halogens is 2. The first-order valence-corrected chi connectivity index (χ1v) is 7.71. The van der Waals surface area contributed by atoms with Crippen LogP contribution in [0.4, 0.5) is 10.1 Å². The number of sulfonamides is 1. The molecular formula is C13H11BrFNO2S. The Labute approximate surface area is 119 Å². The summed E-state index contributed by atoms with van der Waals surface area (Å²) in [7, 11) is -3.68. The maximum Gasteiger partial charge on any atom is 0.262 e. The average Bonchev–Trinajstić information content (AvgIpc) is 2.35. The van der Waals surface area contributed by atoms with E-state index in [4.69, 9.17) is 0 Å². The van der Waals surface area contributed by atoms with E-state index < -0.39 is 15.8 Å². The summed E-state index contributed by atoms with van der Waals surface area (Å²) in [6.07, 6.45) is 0. The van der Waals surface area contributed by atoms with Crippen LogP contribution in [0, 0.1) is 12.7 Å². The second kappa shape index (κ2) is 5.30. The van der Waals surface area contributed by atoms with Gasteiger partial charge in [-0.3, -0.25) is 4.72 Å². The van der Waals surface area contributed by atoms with Crippen molar-refractivity contribution in [2.24, 2.45) is 0 Å². The summed E-state index contributed by atoms with van der Waals surface area (Å²) in [5.74, 6) is -0.415. The lowest BCUT2D eigenvalue weighted by Gasteiger charge is -2.10. The lowest BCUT2D eigenvalue weighted by molar-refractivity contribution is 0.600. The first kappa shape index (κ1) is 14.0. The van der Waals surface area contributed by atoms with Crippen LogP contribution < -0.4 is 4.72 Å². The highest BCUT2D eigenvalue weighted by Crippen LogP contribution is 2.23. The lowest BCUT2D eigenvalue weighted by atomic mass is 10.2. The molecule has 0 aliphatic rings. The van der Waals surface area contributed by atoms with Crippen LogP contribution in [0.15, 0.2) is 51.8 Å². The highest BCUT2D eigenvalue weighted by Gasteiger charge is 2.17. The maximum absolute atomic E-state index is 12.8. The molecule has 0 saturated carbocycles. The molecule has 2 aromatic rings. The van der Waals surface area contributed by atoms with Crippen LogP contribution in [0.5, 0.6) is 0 Å². The molecule has 100 valence electrons. The van der Waals surface area contributed by atoms with Crippen molar-refractivity contribution in [3.63, 3.8) is 0 Å². The van der Waals surface area contributed by atoms with E-state index in [0.717, 1.165) is 0 Å². The minimum atomic E-state index is -3.68. The number of benzene rings is 2. The SMILES string of the molecule is Cc1ccc(Br)cc1S(=O)(=O)Nc1ccc(F)cc1. The normalized spacial score (nSPS) is 11.3. The molecule has 1 N–H and O–H groups in total. The van der Waals surface area contributed by atoms with E-state index in [-0.39, 0.29) is 4.90 Å². The Morgan fingerprint density at radius 1 is 1.11 bits per heavy atom. The molecule has 0 amide bonds. The van der Waals surface area contributed by atoms with Gasteiger partial charge in [-0.15, -0.1) is 0 Å². The molecule has 6 heteroatoms. The zero-order chi connectivity index (χ0) is 14.0. The number of nitrogens with one attached hydrogen (secondary N) is 1. The van der Waals surface area contributed by atoms with Crippen molar-refractivity contribution in [1.29, 1.82) is 0 Å². The van der Waals surface area contributed by atoms with Gasteiger partial charge in [0, 0.05) is 10.2 Å². The minimum Gasteiger partial charge on any atom is -0.280 e. The van der Waals surface area contributed by atoms with E-state index in [0.29, 0.717) is 15.7 Å². The van der Waals surface area contributed by atoms with E-state index in [9.17, 15) is 12.8 Å². The summed E-state index contributed by atoms with van der Waals surface area (Å²) in [5.41, 5.74) is 0.957. The van der Waals surface area contributed by atoms with Crippen molar-refractivity contribution in [3.05, 3.63) is 58.3 Å². The minimum absolute atomic E-state index is 0.186. The quantitative estimate of drug-likeness (QED) is 0.923. The molecule has 0 saturated heterocycles. The summed E-state index contributed by atoms with van der Waals surface area (Å²) < 4.78 is 40.3. The third kappa shape index (κ3) is 3.33. The Bertz CT molecular complexity index is 699. The third-order valence-electron chi connectivity index (χ3n) is 2.54. The van der Waals surface area contributed by atoms with Gasteiger partial charge in [-0.05, 0) is 48.9 Å². The molecule has 0 spiro atoms. The third-order valence-corrected chi connectivity index (χ3v) is 4.55. The Kier molecular flexibility index (Phi) is 3.91. The molecule has 0 atom stereocenters. The van der Waals surface area contributed by atoms with Crippen LogP contribution in [-0.4, -0.2) is 8.42 Å². The number of aryl methyl sites for hydroxylation is 1. The van der Waals surface area contributed by atoms with Crippen molar-refractivity contribution in [2.45, 2.75) is 11.8 Å². The Morgan fingerprint density at radius 2 is 1.74 bits per heavy atom. The standard InChI is InChI=1S/C13H11BrFNO2S/c1-9-2-3-10(14)8-13(9)19(17,18)16-12-6-4-11(15)5-7-12/h2-8,16H,1H3. The highest BCUT2D eigenvalue weighted by atomic mass is 79.9. The van der Waals surface area contributed by atoms with Crippen molar-refractivity contribution < 1.29 is 12.8 Å². The van der Waals surface area contributed by atoms with Crippen LogP contribution in [0.3, 0.4) is 0 Å². The van der Waals surface area contributed by atoms with Gasteiger partial charge in [0.1, 0.15) is 5.82 Å². The highest BCUT2D eigenvalue weighted by molar-refractivity contribution is 9.10. The predicted molar refractivity (Wildman–Crippen MR) is 76.1 cm³/mol. The summed E-state index contributed by atoms with van der Waals surface area (Å²) >= 11 is 3.24. The van der Waals surface area contributed by atoms with Crippen LogP contribution in [0.2, 0.25) is 0 Å². The zero-order valence-electron chi connectivity index (χ0n) is 10.0. The van der Waals surface area contributed by atoms with E-state index in [1.54, 1.807) is 19.1 Å². The monoisotopic (exact) mass is 343 g/mol. The van der Waals surface area contributed by atoms with Gasteiger partial charge in [-0.2, -0.15) is 0 Å². The largest absolute Gasteiger partial charge is 0.280 e. The van der Waals surface area contributed by atoms with Gasteiger partial charge in [0.05, 0.1) is 4.90 Å². The van der Waals surface area contributed by atoms with Crippen molar-refractivity contribution in [1.82, 2.24) is 0 Å². The Morgan fingerprint density at radius 3 is 2.37 bits per heavy atom. The second-order valence-corrected chi connectivity index (χ2v) is 6.59. The predicted octanol–water partition coefficient (Wildman–Crippen LogP) is 3.70. The molecule has 0 aromatic heterocycles. The van der Waals surface area contributed by atoms with Gasteiger partial charge in [-0.1, -0.05) is 22.0 Å². The van der Waals surface area contributed by atoms with E-state index in [1.807, 2.05) is 0 Å². The molecule has 0 fully saturated rings. The van der Waals surface area contributed by atoms with Crippen LogP contribution in [-0.2, 0) is 10.0 Å². The number of rotatable bonds is 3.